The van der Waals surface area contributed by atoms with Crippen molar-refractivity contribution in [2.24, 2.45) is 0 Å². The van der Waals surface area contributed by atoms with Crippen LogP contribution >= 0.6 is 0 Å². The van der Waals surface area contributed by atoms with Crippen LogP contribution in [0.15, 0.2) is 66.2 Å². The van der Waals surface area contributed by atoms with Crippen molar-refractivity contribution in [1.82, 2.24) is 9.78 Å². The van der Waals surface area contributed by atoms with E-state index in [1.54, 1.807) is 6.92 Å². The van der Waals surface area contributed by atoms with Gasteiger partial charge in [-0.15, -0.1) is 0 Å². The molecule has 5 heteroatoms. The number of hydrogen-bond donors (Lipinski definition) is 1. The van der Waals surface area contributed by atoms with Crippen LogP contribution in [-0.2, 0) is 11.4 Å². The monoisotopic (exact) mass is 444 g/mol. The van der Waals surface area contributed by atoms with Gasteiger partial charge in [-0.05, 0) is 67.7 Å². The average molecular weight is 445 g/mol. The number of allylic oxidation sites excluding steroid dienone is 1. The Morgan fingerprint density at radius 3 is 2.39 bits per heavy atom. The normalized spacial score (nSPS) is 15.2. The van der Waals surface area contributed by atoms with Gasteiger partial charge in [-0.2, -0.15) is 5.10 Å². The molecule has 1 fully saturated rings. The smallest absolute Gasteiger partial charge is 0.331 e. The molecule has 5 nitrogen and oxygen atoms in total. The number of carboxylic acids is 1. The molecule has 33 heavy (non-hydrogen) atoms. The fourth-order valence-corrected chi connectivity index (χ4v) is 4.63. The Morgan fingerprint density at radius 1 is 1.06 bits per heavy atom. The Kier molecular flexibility index (Phi) is 7.28. The number of aliphatic carboxylic acids is 1. The maximum absolute atomic E-state index is 11.6. The third kappa shape index (κ3) is 5.36. The highest BCUT2D eigenvalue weighted by Gasteiger charge is 2.23. The van der Waals surface area contributed by atoms with Crippen LogP contribution in [-0.4, -0.2) is 20.9 Å². The Morgan fingerprint density at radius 2 is 1.76 bits per heavy atom. The fraction of sp³-hybridized carbons (Fsp3) is 0.357. The van der Waals surface area contributed by atoms with E-state index in [1.165, 1.54) is 25.0 Å². The molecule has 4 rings (SSSR count). The minimum absolute atomic E-state index is 0.363. The molecule has 0 amide bonds. The molecule has 1 aliphatic rings. The van der Waals surface area contributed by atoms with Crippen LogP contribution in [0, 0.1) is 0 Å². The summed E-state index contributed by atoms with van der Waals surface area (Å²) in [6, 6.07) is 20.2. The van der Waals surface area contributed by atoms with Gasteiger partial charge in [-0.3, -0.25) is 0 Å². The maximum atomic E-state index is 11.6. The van der Waals surface area contributed by atoms with Gasteiger partial charge in [0.05, 0.1) is 11.4 Å². The Bertz CT molecular complexity index is 1110. The van der Waals surface area contributed by atoms with Crippen molar-refractivity contribution in [2.75, 3.05) is 0 Å². The molecule has 1 aliphatic carbocycles. The molecule has 0 atom stereocenters. The molecule has 0 radical (unpaired) electrons. The highest BCUT2D eigenvalue weighted by molar-refractivity contribution is 5.95. The first-order valence-electron chi connectivity index (χ1n) is 11.9. The molecule has 0 bridgehead atoms. The van der Waals surface area contributed by atoms with E-state index in [9.17, 15) is 9.90 Å². The fourth-order valence-electron chi connectivity index (χ4n) is 4.63. The summed E-state index contributed by atoms with van der Waals surface area (Å²) >= 11 is 0. The van der Waals surface area contributed by atoms with Crippen LogP contribution in [0.25, 0.3) is 11.3 Å². The third-order valence-corrected chi connectivity index (χ3v) is 6.53. The molecular formula is C28H32N2O3. The van der Waals surface area contributed by atoms with Crippen LogP contribution in [0.5, 0.6) is 5.75 Å². The summed E-state index contributed by atoms with van der Waals surface area (Å²) in [6.45, 7) is 4.18. The highest BCUT2D eigenvalue weighted by Crippen LogP contribution is 2.36. The zero-order valence-electron chi connectivity index (χ0n) is 19.5. The van der Waals surface area contributed by atoms with Crippen LogP contribution < -0.4 is 4.74 Å². The molecule has 1 saturated carbocycles. The van der Waals surface area contributed by atoms with Gasteiger partial charge < -0.3 is 9.84 Å². The van der Waals surface area contributed by atoms with Crippen LogP contribution in [0.2, 0.25) is 0 Å². The number of hydrogen-bond acceptors (Lipinski definition) is 3. The van der Waals surface area contributed by atoms with Crippen molar-refractivity contribution in [3.05, 3.63) is 83.2 Å². The number of nitrogens with zero attached hydrogens (tertiary/aromatic N) is 2. The standard InChI is InChI=1S/C28H32N2O3/c1-3-25(20(2)28(31)32)26-18-27(22-12-8-5-9-13-22)30(29-26)23-14-16-24(17-15-23)33-19-21-10-6-4-7-11-21/h4,6-7,10-11,14-18,22H,3,5,8-9,12-13,19H2,1-2H3,(H,31,32). The molecule has 3 aromatic rings. The Balaban J connectivity index is 1.64. The molecule has 1 aromatic heterocycles. The van der Waals surface area contributed by atoms with Crippen LogP contribution in [0.4, 0.5) is 0 Å². The second-order valence-electron chi connectivity index (χ2n) is 8.73. The largest absolute Gasteiger partial charge is 0.489 e. The molecule has 0 aliphatic heterocycles. The number of carbonyl (C=O) groups is 1. The first-order chi connectivity index (χ1) is 16.1. The zero-order chi connectivity index (χ0) is 23.2. The SMILES string of the molecule is CCC(=C(C)C(=O)O)c1cc(C2CCCCC2)n(-c2ccc(OCc3ccccc3)cc2)n1. The minimum Gasteiger partial charge on any atom is -0.489 e. The van der Waals surface area contributed by atoms with Gasteiger partial charge in [0.15, 0.2) is 0 Å². The molecule has 1 heterocycles. The molecule has 0 saturated heterocycles. The predicted octanol–water partition coefficient (Wildman–Crippen LogP) is 6.77. The van der Waals surface area contributed by atoms with Gasteiger partial charge in [0.1, 0.15) is 12.4 Å². The second-order valence-corrected chi connectivity index (χ2v) is 8.73. The van der Waals surface area contributed by atoms with Gasteiger partial charge in [-0.1, -0.05) is 56.5 Å². The topological polar surface area (TPSA) is 64.3 Å². The summed E-state index contributed by atoms with van der Waals surface area (Å²) in [6.07, 6.45) is 6.65. The van der Waals surface area contributed by atoms with Gasteiger partial charge in [0, 0.05) is 17.2 Å². The van der Waals surface area contributed by atoms with E-state index in [2.05, 4.69) is 6.07 Å². The number of ether oxygens (including phenoxy) is 1. The zero-order valence-corrected chi connectivity index (χ0v) is 19.5. The summed E-state index contributed by atoms with van der Waals surface area (Å²) in [7, 11) is 0. The lowest BCUT2D eigenvalue weighted by molar-refractivity contribution is -0.132. The summed E-state index contributed by atoms with van der Waals surface area (Å²) in [4.78, 5) is 11.6. The van der Waals surface area contributed by atoms with E-state index in [0.29, 0.717) is 24.5 Å². The van der Waals surface area contributed by atoms with E-state index in [1.807, 2.05) is 66.2 Å². The summed E-state index contributed by atoms with van der Waals surface area (Å²) in [5.74, 6) is 0.364. The van der Waals surface area contributed by atoms with Crippen LogP contribution in [0.1, 0.15) is 75.2 Å². The van der Waals surface area contributed by atoms with Crippen molar-refractivity contribution in [2.45, 2.75) is 64.9 Å². The van der Waals surface area contributed by atoms with Crippen molar-refractivity contribution in [3.8, 4) is 11.4 Å². The second kappa shape index (κ2) is 10.5. The number of aromatic nitrogens is 2. The van der Waals surface area contributed by atoms with E-state index in [0.717, 1.165) is 41.1 Å². The molecule has 172 valence electrons. The maximum Gasteiger partial charge on any atom is 0.331 e. The lowest BCUT2D eigenvalue weighted by Crippen LogP contribution is -2.11. The van der Waals surface area contributed by atoms with Crippen molar-refractivity contribution in [3.63, 3.8) is 0 Å². The molecule has 1 N–H and O–H groups in total. The van der Waals surface area contributed by atoms with Crippen molar-refractivity contribution >= 4 is 11.5 Å². The lowest BCUT2D eigenvalue weighted by atomic mass is 9.86. The number of carboxylic acid groups (broad SMARTS) is 1. The van der Waals surface area contributed by atoms with E-state index < -0.39 is 5.97 Å². The average Bonchev–Trinajstić information content (AvgIpc) is 3.29. The minimum atomic E-state index is -0.888. The first-order valence-corrected chi connectivity index (χ1v) is 11.9. The van der Waals surface area contributed by atoms with Gasteiger partial charge in [0.25, 0.3) is 0 Å². The van der Waals surface area contributed by atoms with Gasteiger partial charge >= 0.3 is 5.97 Å². The summed E-state index contributed by atoms with van der Waals surface area (Å²) < 4.78 is 7.96. The molecular weight excluding hydrogens is 412 g/mol. The van der Waals surface area contributed by atoms with Crippen molar-refractivity contribution in [1.29, 1.82) is 0 Å². The van der Waals surface area contributed by atoms with E-state index in [-0.39, 0.29) is 0 Å². The van der Waals surface area contributed by atoms with Crippen molar-refractivity contribution < 1.29 is 14.6 Å². The van der Waals surface area contributed by atoms with Gasteiger partial charge in [0.2, 0.25) is 0 Å². The molecule has 0 unspecified atom stereocenters. The van der Waals surface area contributed by atoms with Gasteiger partial charge in [-0.25, -0.2) is 9.48 Å². The van der Waals surface area contributed by atoms with E-state index in [4.69, 9.17) is 9.84 Å². The number of benzene rings is 2. The van der Waals surface area contributed by atoms with E-state index >= 15 is 0 Å². The predicted molar refractivity (Wildman–Crippen MR) is 131 cm³/mol. The lowest BCUT2D eigenvalue weighted by Gasteiger charge is -2.22. The van der Waals surface area contributed by atoms with Crippen LogP contribution in [0.3, 0.4) is 0 Å². The highest BCUT2D eigenvalue weighted by atomic mass is 16.5. The first kappa shape index (κ1) is 22.8. The third-order valence-electron chi connectivity index (χ3n) is 6.53. The quantitative estimate of drug-likeness (QED) is 0.390. The molecule has 2 aromatic carbocycles. The Labute approximate surface area is 195 Å². The summed E-state index contributed by atoms with van der Waals surface area (Å²) in [5.41, 5.74) is 5.19. The Hall–Kier alpha value is -3.34. The number of rotatable bonds is 8. The molecule has 0 spiro atoms. The summed E-state index contributed by atoms with van der Waals surface area (Å²) in [5, 5.41) is 14.5.